The lowest BCUT2D eigenvalue weighted by molar-refractivity contribution is -0.143. The molecule has 0 saturated carbocycles. The van der Waals surface area contributed by atoms with Crippen LogP contribution >= 0.6 is 27.7 Å². The highest BCUT2D eigenvalue weighted by Gasteiger charge is 2.36. The maximum absolute atomic E-state index is 12.3. The van der Waals surface area contributed by atoms with Crippen LogP contribution in [0.3, 0.4) is 0 Å². The van der Waals surface area contributed by atoms with Crippen LogP contribution in [0.15, 0.2) is 40.2 Å². The third-order valence-corrected chi connectivity index (χ3v) is 4.40. The molecule has 0 aromatic heterocycles. The van der Waals surface area contributed by atoms with Crippen molar-refractivity contribution in [1.82, 2.24) is 4.90 Å². The Balaban J connectivity index is 2.30. The molecular weight excluding hydrogens is 398 g/mol. The van der Waals surface area contributed by atoms with Crippen molar-refractivity contribution in [2.75, 3.05) is 20.3 Å². The van der Waals surface area contributed by atoms with Gasteiger partial charge in [0, 0.05) is 10.0 Å². The molecule has 0 bridgehead atoms. The quantitative estimate of drug-likeness (QED) is 0.406. The van der Waals surface area contributed by atoms with Crippen molar-refractivity contribution in [3.05, 3.63) is 45.8 Å². The van der Waals surface area contributed by atoms with E-state index in [1.165, 1.54) is 7.11 Å². The Bertz CT molecular complexity index is 731. The minimum atomic E-state index is -0.656. The zero-order chi connectivity index (χ0) is 17.7. The molecule has 0 atom stereocenters. The van der Waals surface area contributed by atoms with Gasteiger partial charge in [0.25, 0.3) is 11.1 Å². The molecule has 1 aromatic rings. The van der Waals surface area contributed by atoms with Gasteiger partial charge in [-0.3, -0.25) is 19.3 Å². The summed E-state index contributed by atoms with van der Waals surface area (Å²) in [7, 11) is 1.20. The van der Waals surface area contributed by atoms with Crippen LogP contribution in [0.4, 0.5) is 4.79 Å². The lowest BCUT2D eigenvalue weighted by atomic mass is 10.2. The van der Waals surface area contributed by atoms with E-state index < -0.39 is 23.7 Å². The highest BCUT2D eigenvalue weighted by molar-refractivity contribution is 9.10. The molecule has 0 unspecified atom stereocenters. The number of carbonyl (C=O) groups is 3. The fraction of sp³-hybridized carbons (Fsp3) is 0.188. The SMILES string of the molecule is C=CCOc1ccc(Br)cc1C=C1SC(=O)N(CC(=O)OC)C1=O. The van der Waals surface area contributed by atoms with Gasteiger partial charge in [-0.05, 0) is 36.0 Å². The van der Waals surface area contributed by atoms with Gasteiger partial charge in [0.2, 0.25) is 0 Å². The molecule has 2 amide bonds. The van der Waals surface area contributed by atoms with E-state index in [9.17, 15) is 14.4 Å². The first kappa shape index (κ1) is 18.3. The average Bonchev–Trinajstić information content (AvgIpc) is 2.81. The third kappa shape index (κ3) is 4.27. The summed E-state index contributed by atoms with van der Waals surface area (Å²) in [5, 5.41) is -0.514. The van der Waals surface area contributed by atoms with Crippen LogP contribution in [0.1, 0.15) is 5.56 Å². The van der Waals surface area contributed by atoms with Crippen molar-refractivity contribution in [3.63, 3.8) is 0 Å². The van der Waals surface area contributed by atoms with E-state index in [0.29, 0.717) is 17.9 Å². The van der Waals surface area contributed by atoms with Gasteiger partial charge in [-0.1, -0.05) is 28.6 Å². The van der Waals surface area contributed by atoms with Crippen molar-refractivity contribution in [2.45, 2.75) is 0 Å². The second kappa shape index (κ2) is 8.16. The standard InChI is InChI=1S/C16H14BrNO5S/c1-3-6-23-12-5-4-11(17)7-10(12)8-13-15(20)18(16(21)24-13)9-14(19)22-2/h3-5,7-8H,1,6,9H2,2H3. The van der Waals surface area contributed by atoms with Crippen molar-refractivity contribution >= 4 is 50.9 Å². The molecule has 1 aromatic carbocycles. The fourth-order valence-corrected chi connectivity index (χ4v) is 3.09. The lowest BCUT2D eigenvalue weighted by Gasteiger charge is -2.10. The van der Waals surface area contributed by atoms with Gasteiger partial charge in [-0.15, -0.1) is 0 Å². The van der Waals surface area contributed by atoms with Crippen molar-refractivity contribution in [3.8, 4) is 5.75 Å². The van der Waals surface area contributed by atoms with E-state index in [0.717, 1.165) is 21.1 Å². The molecule has 2 rings (SSSR count). The largest absolute Gasteiger partial charge is 0.489 e. The van der Waals surface area contributed by atoms with Crippen LogP contribution in [0, 0.1) is 0 Å². The number of amides is 2. The summed E-state index contributed by atoms with van der Waals surface area (Å²) < 4.78 is 10.8. The normalized spacial score (nSPS) is 15.8. The number of hydrogen-bond acceptors (Lipinski definition) is 6. The maximum Gasteiger partial charge on any atom is 0.325 e. The van der Waals surface area contributed by atoms with Crippen LogP contribution < -0.4 is 4.74 Å². The molecule has 24 heavy (non-hydrogen) atoms. The maximum atomic E-state index is 12.3. The van der Waals surface area contributed by atoms with Gasteiger partial charge in [0.15, 0.2) is 0 Å². The summed E-state index contributed by atoms with van der Waals surface area (Å²) in [6.45, 7) is 3.50. The first-order valence-corrected chi connectivity index (χ1v) is 8.42. The van der Waals surface area contributed by atoms with Gasteiger partial charge in [-0.25, -0.2) is 0 Å². The van der Waals surface area contributed by atoms with E-state index in [1.54, 1.807) is 30.4 Å². The van der Waals surface area contributed by atoms with E-state index in [2.05, 4.69) is 27.2 Å². The number of nitrogens with zero attached hydrogens (tertiary/aromatic N) is 1. The van der Waals surface area contributed by atoms with Crippen molar-refractivity contribution < 1.29 is 23.9 Å². The predicted octanol–water partition coefficient (Wildman–Crippen LogP) is 3.22. The Morgan fingerprint density at radius 1 is 1.42 bits per heavy atom. The zero-order valence-corrected chi connectivity index (χ0v) is 15.2. The Hall–Kier alpha value is -2.06. The minimum absolute atomic E-state index is 0.213. The van der Waals surface area contributed by atoms with Gasteiger partial charge >= 0.3 is 5.97 Å². The van der Waals surface area contributed by atoms with Crippen LogP contribution in [-0.4, -0.2) is 42.3 Å². The summed E-state index contributed by atoms with van der Waals surface area (Å²) in [5.74, 6) is -0.640. The summed E-state index contributed by atoms with van der Waals surface area (Å²) >= 11 is 4.13. The number of ether oxygens (including phenoxy) is 2. The average molecular weight is 412 g/mol. The van der Waals surface area contributed by atoms with Gasteiger partial charge < -0.3 is 9.47 Å². The van der Waals surface area contributed by atoms with Crippen LogP contribution in [0.2, 0.25) is 0 Å². The van der Waals surface area contributed by atoms with Gasteiger partial charge in [0.1, 0.15) is 18.9 Å². The summed E-state index contributed by atoms with van der Waals surface area (Å²) in [5.41, 5.74) is 0.634. The molecule has 0 aliphatic carbocycles. The molecule has 8 heteroatoms. The van der Waals surface area contributed by atoms with Crippen molar-refractivity contribution in [1.29, 1.82) is 0 Å². The molecule has 6 nitrogen and oxygen atoms in total. The molecule has 1 heterocycles. The second-order valence-corrected chi connectivity index (χ2v) is 6.53. The highest BCUT2D eigenvalue weighted by Crippen LogP contribution is 2.34. The van der Waals surface area contributed by atoms with Gasteiger partial charge in [0.05, 0.1) is 12.0 Å². The van der Waals surface area contributed by atoms with E-state index >= 15 is 0 Å². The molecule has 1 saturated heterocycles. The summed E-state index contributed by atoms with van der Waals surface area (Å²) in [6.07, 6.45) is 3.17. The van der Waals surface area contributed by atoms with Crippen LogP contribution in [-0.2, 0) is 14.3 Å². The smallest absolute Gasteiger partial charge is 0.325 e. The Morgan fingerprint density at radius 3 is 2.83 bits per heavy atom. The molecule has 1 aliphatic heterocycles. The monoisotopic (exact) mass is 411 g/mol. The number of benzene rings is 1. The van der Waals surface area contributed by atoms with Gasteiger partial charge in [-0.2, -0.15) is 0 Å². The number of halogens is 1. The number of rotatable bonds is 6. The highest BCUT2D eigenvalue weighted by atomic mass is 79.9. The number of methoxy groups -OCH3 is 1. The first-order valence-electron chi connectivity index (χ1n) is 6.81. The zero-order valence-electron chi connectivity index (χ0n) is 12.8. The van der Waals surface area contributed by atoms with E-state index in [4.69, 9.17) is 4.74 Å². The van der Waals surface area contributed by atoms with E-state index in [1.807, 2.05) is 0 Å². The molecule has 0 radical (unpaired) electrons. The van der Waals surface area contributed by atoms with E-state index in [-0.39, 0.29) is 4.91 Å². The number of thioether (sulfide) groups is 1. The molecule has 1 fully saturated rings. The topological polar surface area (TPSA) is 72.9 Å². The van der Waals surface area contributed by atoms with Crippen LogP contribution in [0.25, 0.3) is 6.08 Å². The second-order valence-electron chi connectivity index (χ2n) is 4.63. The summed E-state index contributed by atoms with van der Waals surface area (Å²) in [4.78, 5) is 36.6. The number of hydrogen-bond donors (Lipinski definition) is 0. The first-order chi connectivity index (χ1) is 11.5. The third-order valence-electron chi connectivity index (χ3n) is 3.00. The molecular formula is C16H14BrNO5S. The number of esters is 1. The lowest BCUT2D eigenvalue weighted by Crippen LogP contribution is -2.34. The number of carbonyl (C=O) groups excluding carboxylic acids is 3. The van der Waals surface area contributed by atoms with Crippen LogP contribution in [0.5, 0.6) is 5.75 Å². The molecule has 1 aliphatic rings. The number of imide groups is 1. The minimum Gasteiger partial charge on any atom is -0.489 e. The fourth-order valence-electron chi connectivity index (χ4n) is 1.88. The molecule has 0 spiro atoms. The Kier molecular flexibility index (Phi) is 6.22. The summed E-state index contributed by atoms with van der Waals surface area (Å²) in [6, 6.07) is 5.32. The van der Waals surface area contributed by atoms with Crippen molar-refractivity contribution in [2.24, 2.45) is 0 Å². The molecule has 126 valence electrons. The molecule has 0 N–H and O–H groups in total. The Morgan fingerprint density at radius 2 is 2.17 bits per heavy atom. The Labute approximate surface area is 151 Å². The predicted molar refractivity (Wildman–Crippen MR) is 94.5 cm³/mol.